The largest absolute Gasteiger partial charge is 0.455 e. The molecule has 0 radical (unpaired) electrons. The zero-order valence-corrected chi connectivity index (χ0v) is 15.5. The quantitative estimate of drug-likeness (QED) is 0.526. The van der Waals surface area contributed by atoms with Crippen LogP contribution in [0.2, 0.25) is 0 Å². The molecule has 0 spiro atoms. The van der Waals surface area contributed by atoms with E-state index in [1.807, 2.05) is 36.4 Å². The maximum Gasteiger partial charge on any atom is 0.200 e. The van der Waals surface area contributed by atoms with E-state index < -0.39 is 0 Å². The van der Waals surface area contributed by atoms with Gasteiger partial charge in [0.15, 0.2) is 5.06 Å². The first-order valence-electron chi connectivity index (χ1n) is 9.00. The minimum atomic E-state index is -0.215. The molecule has 0 aliphatic carbocycles. The molecule has 3 aromatic rings. The summed E-state index contributed by atoms with van der Waals surface area (Å²) in [5, 5.41) is 0.769. The molecule has 1 saturated heterocycles. The molecule has 1 fully saturated rings. The summed E-state index contributed by atoms with van der Waals surface area (Å²) < 4.78 is 26.0. The summed E-state index contributed by atoms with van der Waals surface area (Å²) in [6.07, 6.45) is 2.77. The van der Waals surface area contributed by atoms with E-state index in [1.165, 1.54) is 16.9 Å². The highest BCUT2D eigenvalue weighted by Crippen LogP contribution is 2.37. The van der Waals surface area contributed by atoms with Crippen molar-refractivity contribution < 1.29 is 13.9 Å². The van der Waals surface area contributed by atoms with Gasteiger partial charge in [0.1, 0.15) is 5.82 Å². The lowest BCUT2D eigenvalue weighted by Gasteiger charge is -2.10. The molecular formula is C22H21FO2S. The topological polar surface area (TPSA) is 18.5 Å². The minimum Gasteiger partial charge on any atom is -0.455 e. The summed E-state index contributed by atoms with van der Waals surface area (Å²) >= 11 is 1.45. The van der Waals surface area contributed by atoms with Gasteiger partial charge in [0, 0.05) is 16.9 Å². The average molecular weight is 368 g/mol. The summed E-state index contributed by atoms with van der Waals surface area (Å²) in [4.78, 5) is 0.864. The van der Waals surface area contributed by atoms with Crippen molar-refractivity contribution in [1.29, 1.82) is 0 Å². The average Bonchev–Trinajstić information content (AvgIpc) is 3.34. The molecule has 4 rings (SSSR count). The first-order valence-corrected chi connectivity index (χ1v) is 9.82. The normalized spacial score (nSPS) is 16.8. The van der Waals surface area contributed by atoms with Crippen molar-refractivity contribution in [3.8, 4) is 26.6 Å². The van der Waals surface area contributed by atoms with Gasteiger partial charge in [0.2, 0.25) is 6.29 Å². The third kappa shape index (κ3) is 3.67. The second-order valence-electron chi connectivity index (χ2n) is 6.42. The van der Waals surface area contributed by atoms with Crippen LogP contribution in [0.5, 0.6) is 5.06 Å². The van der Waals surface area contributed by atoms with Crippen molar-refractivity contribution in [2.75, 3.05) is 6.61 Å². The van der Waals surface area contributed by atoms with E-state index in [0.29, 0.717) is 5.56 Å². The maximum atomic E-state index is 14.7. The predicted octanol–water partition coefficient (Wildman–Crippen LogP) is 6.30. The predicted molar refractivity (Wildman–Crippen MR) is 104 cm³/mol. The number of benzene rings is 2. The fourth-order valence-corrected chi connectivity index (χ4v) is 4.05. The fourth-order valence-electron chi connectivity index (χ4n) is 3.13. The van der Waals surface area contributed by atoms with Crippen LogP contribution < -0.4 is 4.74 Å². The van der Waals surface area contributed by atoms with E-state index in [0.717, 1.165) is 46.9 Å². The van der Waals surface area contributed by atoms with Gasteiger partial charge in [0.25, 0.3) is 0 Å². The lowest BCUT2D eigenvalue weighted by atomic mass is 10.0. The van der Waals surface area contributed by atoms with Gasteiger partial charge >= 0.3 is 0 Å². The van der Waals surface area contributed by atoms with Crippen molar-refractivity contribution in [2.45, 2.75) is 32.5 Å². The molecule has 0 N–H and O–H groups in total. The third-order valence-corrected chi connectivity index (χ3v) is 5.66. The second kappa shape index (κ2) is 7.60. The number of halogens is 1. The third-order valence-electron chi connectivity index (χ3n) is 4.65. The van der Waals surface area contributed by atoms with Crippen LogP contribution in [0.15, 0.2) is 54.6 Å². The molecular weight excluding hydrogens is 347 g/mol. The lowest BCUT2D eigenvalue weighted by molar-refractivity contribution is -0.0367. The number of hydrogen-bond donors (Lipinski definition) is 0. The Balaban J connectivity index is 1.54. The van der Waals surface area contributed by atoms with Crippen molar-refractivity contribution >= 4 is 11.3 Å². The van der Waals surface area contributed by atoms with E-state index in [4.69, 9.17) is 9.47 Å². The van der Waals surface area contributed by atoms with Crippen LogP contribution in [0.25, 0.3) is 21.6 Å². The molecule has 0 amide bonds. The Morgan fingerprint density at radius 1 is 1.08 bits per heavy atom. The van der Waals surface area contributed by atoms with Gasteiger partial charge in [-0.25, -0.2) is 4.39 Å². The van der Waals surface area contributed by atoms with Crippen LogP contribution in [0.3, 0.4) is 0 Å². The van der Waals surface area contributed by atoms with Crippen molar-refractivity contribution in [1.82, 2.24) is 0 Å². The molecule has 1 aliphatic rings. The van der Waals surface area contributed by atoms with E-state index in [9.17, 15) is 4.39 Å². The molecule has 2 heterocycles. The highest BCUT2D eigenvalue weighted by Gasteiger charge is 2.18. The van der Waals surface area contributed by atoms with E-state index >= 15 is 0 Å². The number of ether oxygens (including phenoxy) is 2. The standard InChI is InChI=1S/C22H21FO2S/c1-2-15-5-7-16(8-6-15)17-9-10-18(19(23)14-17)20-11-12-22(26-20)25-21-4-3-13-24-21/h5-12,14,21H,2-4,13H2,1H3. The zero-order valence-electron chi connectivity index (χ0n) is 14.7. The Hall–Kier alpha value is -2.17. The Morgan fingerprint density at radius 2 is 1.88 bits per heavy atom. The van der Waals surface area contributed by atoms with E-state index in [1.54, 1.807) is 6.07 Å². The number of aryl methyl sites for hydroxylation is 1. The number of hydrogen-bond acceptors (Lipinski definition) is 3. The summed E-state index contributed by atoms with van der Waals surface area (Å²) in [6.45, 7) is 2.87. The zero-order chi connectivity index (χ0) is 17.9. The molecule has 0 saturated carbocycles. The molecule has 2 nitrogen and oxygen atoms in total. The van der Waals surface area contributed by atoms with Crippen LogP contribution in [0.1, 0.15) is 25.3 Å². The summed E-state index contributed by atoms with van der Waals surface area (Å²) in [6, 6.07) is 17.5. The Morgan fingerprint density at radius 3 is 2.58 bits per heavy atom. The fraction of sp³-hybridized carbons (Fsp3) is 0.273. The molecule has 134 valence electrons. The van der Waals surface area contributed by atoms with Gasteiger partial charge < -0.3 is 9.47 Å². The van der Waals surface area contributed by atoms with Gasteiger partial charge in [-0.15, -0.1) is 0 Å². The maximum absolute atomic E-state index is 14.7. The van der Waals surface area contributed by atoms with Crippen LogP contribution in [0, 0.1) is 5.82 Å². The van der Waals surface area contributed by atoms with Crippen molar-refractivity contribution in [3.63, 3.8) is 0 Å². The van der Waals surface area contributed by atoms with E-state index in [2.05, 4.69) is 19.1 Å². The monoisotopic (exact) mass is 368 g/mol. The lowest BCUT2D eigenvalue weighted by Crippen LogP contribution is -2.12. The molecule has 26 heavy (non-hydrogen) atoms. The smallest absolute Gasteiger partial charge is 0.200 e. The van der Waals surface area contributed by atoms with Crippen LogP contribution >= 0.6 is 11.3 Å². The van der Waals surface area contributed by atoms with Crippen LogP contribution in [0.4, 0.5) is 4.39 Å². The van der Waals surface area contributed by atoms with Gasteiger partial charge in [-0.3, -0.25) is 0 Å². The Labute approximate surface area is 157 Å². The van der Waals surface area contributed by atoms with Crippen LogP contribution in [-0.4, -0.2) is 12.9 Å². The number of thiophene rings is 1. The first-order chi connectivity index (χ1) is 12.7. The number of rotatable bonds is 5. The Bertz CT molecular complexity index is 879. The molecule has 1 unspecified atom stereocenters. The Kier molecular flexibility index (Phi) is 5.05. The molecule has 1 aromatic heterocycles. The highest BCUT2D eigenvalue weighted by molar-refractivity contribution is 7.17. The summed E-state index contributed by atoms with van der Waals surface area (Å²) in [5.74, 6) is -0.215. The van der Waals surface area contributed by atoms with Gasteiger partial charge in [0.05, 0.1) is 6.61 Å². The molecule has 0 bridgehead atoms. The SMILES string of the molecule is CCc1ccc(-c2ccc(-c3ccc(OC4CCCO4)s3)c(F)c2)cc1. The van der Waals surface area contributed by atoms with Crippen molar-refractivity contribution in [2.24, 2.45) is 0 Å². The molecule has 4 heteroatoms. The van der Waals surface area contributed by atoms with Crippen LogP contribution in [-0.2, 0) is 11.2 Å². The molecule has 1 atom stereocenters. The van der Waals surface area contributed by atoms with Gasteiger partial charge in [-0.05, 0) is 53.8 Å². The molecule has 2 aromatic carbocycles. The summed E-state index contributed by atoms with van der Waals surface area (Å²) in [5.41, 5.74) is 3.80. The summed E-state index contributed by atoms with van der Waals surface area (Å²) in [7, 11) is 0. The second-order valence-corrected chi connectivity index (χ2v) is 7.47. The van der Waals surface area contributed by atoms with Gasteiger partial charge in [-0.1, -0.05) is 48.6 Å². The highest BCUT2D eigenvalue weighted by atomic mass is 32.1. The minimum absolute atomic E-state index is 0.167. The van der Waals surface area contributed by atoms with Gasteiger partial charge in [-0.2, -0.15) is 0 Å². The van der Waals surface area contributed by atoms with E-state index in [-0.39, 0.29) is 12.1 Å². The molecule has 1 aliphatic heterocycles. The van der Waals surface area contributed by atoms with Crippen molar-refractivity contribution in [3.05, 3.63) is 66.0 Å². The first kappa shape index (κ1) is 17.3.